The maximum Gasteiger partial charge on any atom is 0.337 e. The third kappa shape index (κ3) is 7.24. The molecule has 0 radical (unpaired) electrons. The summed E-state index contributed by atoms with van der Waals surface area (Å²) in [5, 5.41) is 13.0. The smallest absolute Gasteiger partial charge is 0.337 e. The van der Waals surface area contributed by atoms with Crippen LogP contribution in [0.5, 0.6) is 11.5 Å². The summed E-state index contributed by atoms with van der Waals surface area (Å²) in [6, 6.07) is 21.2. The van der Waals surface area contributed by atoms with E-state index >= 15 is 0 Å². The van der Waals surface area contributed by atoms with Gasteiger partial charge >= 0.3 is 11.9 Å². The molecule has 0 unspecified atom stereocenters. The van der Waals surface area contributed by atoms with Crippen molar-refractivity contribution < 1.29 is 33.5 Å². The number of nitrogens with two attached hydrogens (primary N) is 1. The molecule has 0 atom stereocenters. The third-order valence-corrected chi connectivity index (χ3v) is 8.54. The Morgan fingerprint density at radius 3 is 1.56 bits per heavy atom. The molecule has 6 rings (SSSR count). The molecule has 2 heterocycles. The van der Waals surface area contributed by atoms with E-state index in [4.69, 9.17) is 24.7 Å². The van der Waals surface area contributed by atoms with E-state index in [-0.39, 0.29) is 11.7 Å². The molecule has 12 heteroatoms. The largest absolute Gasteiger partial charge is 0.496 e. The second kappa shape index (κ2) is 14.9. The minimum absolute atomic E-state index is 0.0537. The summed E-state index contributed by atoms with van der Waals surface area (Å²) >= 11 is 0. The third-order valence-electron chi connectivity index (χ3n) is 8.54. The fraction of sp³-hybridized carbons (Fsp3) is 0.211. The molecule has 12 nitrogen and oxygen atoms in total. The monoisotopic (exact) mass is 678 g/mol. The average molecular weight is 679 g/mol. The minimum Gasteiger partial charge on any atom is -0.496 e. The van der Waals surface area contributed by atoms with Gasteiger partial charge in [-0.3, -0.25) is 10.1 Å². The molecule has 0 aliphatic rings. The van der Waals surface area contributed by atoms with E-state index in [2.05, 4.69) is 10.8 Å². The SMILES string of the molecule is COC(=O)c1ccc(Cc2cn(C)c3ccc(N)cc23)c(OC)c1.COC(=O)c1ccc(Cc2cn(C)c3ccc([N+](=O)[O-])cc23)c(OC)c1. The molecular weight excluding hydrogens is 640 g/mol. The van der Waals surface area contributed by atoms with Crippen LogP contribution in [0.15, 0.2) is 85.2 Å². The number of aromatic nitrogens is 2. The fourth-order valence-electron chi connectivity index (χ4n) is 6.03. The van der Waals surface area contributed by atoms with Gasteiger partial charge in [-0.1, -0.05) is 12.1 Å². The van der Waals surface area contributed by atoms with E-state index in [1.165, 1.54) is 27.4 Å². The number of methoxy groups -OCH3 is 4. The summed E-state index contributed by atoms with van der Waals surface area (Å²) in [6.07, 6.45) is 5.24. The van der Waals surface area contributed by atoms with Crippen LogP contribution in [0.1, 0.15) is 43.0 Å². The quantitative estimate of drug-likeness (QED) is 0.0770. The van der Waals surface area contributed by atoms with Gasteiger partial charge in [-0.15, -0.1) is 0 Å². The highest BCUT2D eigenvalue weighted by Crippen LogP contribution is 2.31. The van der Waals surface area contributed by atoms with Gasteiger partial charge in [-0.2, -0.15) is 0 Å². The second-order valence-electron chi connectivity index (χ2n) is 11.7. The number of esters is 2. The number of carbonyl (C=O) groups is 2. The van der Waals surface area contributed by atoms with Crippen LogP contribution in [0.4, 0.5) is 11.4 Å². The van der Waals surface area contributed by atoms with Gasteiger partial charge < -0.3 is 33.8 Å². The van der Waals surface area contributed by atoms with Crippen LogP contribution in [0.3, 0.4) is 0 Å². The molecule has 0 spiro atoms. The van der Waals surface area contributed by atoms with Gasteiger partial charge in [0.25, 0.3) is 5.69 Å². The molecule has 0 amide bonds. The van der Waals surface area contributed by atoms with Crippen molar-refractivity contribution in [3.8, 4) is 11.5 Å². The standard InChI is InChI=1S/C19H18N2O5.C19H20N2O3/c1-20-11-14(16-10-15(21(23)24)6-7-17(16)20)8-12-4-5-13(19(22)26-3)9-18(12)25-2;1-21-11-14(16-10-15(20)6-7-17(16)21)8-12-4-5-13(19(22)24-3)9-18(12)23-2/h4-7,9-11H,8H2,1-3H3;4-7,9-11H,8,20H2,1-3H3. The normalized spacial score (nSPS) is 10.8. The van der Waals surface area contributed by atoms with Crippen molar-refractivity contribution in [1.82, 2.24) is 9.13 Å². The van der Waals surface area contributed by atoms with Gasteiger partial charge in [-0.05, 0) is 70.8 Å². The number of nitrogen functional groups attached to an aromatic ring is 1. The highest BCUT2D eigenvalue weighted by atomic mass is 16.6. The predicted molar refractivity (Wildman–Crippen MR) is 191 cm³/mol. The van der Waals surface area contributed by atoms with Gasteiger partial charge in [0.1, 0.15) is 11.5 Å². The van der Waals surface area contributed by atoms with Crippen molar-refractivity contribution in [1.29, 1.82) is 0 Å². The van der Waals surface area contributed by atoms with E-state index in [9.17, 15) is 19.7 Å². The van der Waals surface area contributed by atoms with E-state index in [1.807, 2.05) is 49.1 Å². The molecule has 258 valence electrons. The Balaban J connectivity index is 0.000000195. The Hall–Kier alpha value is -6.30. The molecule has 4 aromatic carbocycles. The van der Waals surface area contributed by atoms with Crippen molar-refractivity contribution >= 4 is 45.1 Å². The molecule has 0 bridgehead atoms. The summed E-state index contributed by atoms with van der Waals surface area (Å²) in [5.74, 6) is 0.419. The Morgan fingerprint density at radius 2 is 1.12 bits per heavy atom. The van der Waals surface area contributed by atoms with Crippen molar-refractivity contribution in [2.45, 2.75) is 12.8 Å². The highest BCUT2D eigenvalue weighted by Gasteiger charge is 2.17. The van der Waals surface area contributed by atoms with Gasteiger partial charge in [0.2, 0.25) is 0 Å². The van der Waals surface area contributed by atoms with Crippen molar-refractivity contribution in [2.24, 2.45) is 14.1 Å². The number of hydrogen-bond acceptors (Lipinski definition) is 9. The summed E-state index contributed by atoms with van der Waals surface area (Å²) < 4.78 is 24.4. The van der Waals surface area contributed by atoms with Gasteiger partial charge in [0.15, 0.2) is 0 Å². The lowest BCUT2D eigenvalue weighted by atomic mass is 10.0. The van der Waals surface area contributed by atoms with Crippen LogP contribution in [0.2, 0.25) is 0 Å². The lowest BCUT2D eigenvalue weighted by molar-refractivity contribution is -0.384. The maximum atomic E-state index is 11.7. The Morgan fingerprint density at radius 1 is 0.660 bits per heavy atom. The van der Waals surface area contributed by atoms with Crippen molar-refractivity contribution in [3.05, 3.63) is 129 Å². The second-order valence-corrected chi connectivity index (χ2v) is 11.7. The van der Waals surface area contributed by atoms with Gasteiger partial charge in [0, 0.05) is 79.0 Å². The molecule has 6 aromatic rings. The number of non-ortho nitro benzene ring substituents is 1. The van der Waals surface area contributed by atoms with Crippen LogP contribution in [-0.2, 0) is 36.4 Å². The molecule has 0 aliphatic heterocycles. The number of benzene rings is 4. The molecule has 50 heavy (non-hydrogen) atoms. The first-order valence-corrected chi connectivity index (χ1v) is 15.5. The minimum atomic E-state index is -0.435. The van der Waals surface area contributed by atoms with Crippen LogP contribution < -0.4 is 15.2 Å². The number of nitrogens with zero attached hydrogens (tertiary/aromatic N) is 3. The Bertz CT molecular complexity index is 2230. The molecule has 0 saturated heterocycles. The lowest BCUT2D eigenvalue weighted by Gasteiger charge is -2.10. The zero-order valence-corrected chi connectivity index (χ0v) is 28.7. The number of hydrogen-bond donors (Lipinski definition) is 1. The number of aryl methyl sites for hydroxylation is 2. The average Bonchev–Trinajstić information content (AvgIpc) is 3.61. The predicted octanol–water partition coefficient (Wildman–Crippen LogP) is 6.62. The highest BCUT2D eigenvalue weighted by molar-refractivity contribution is 5.91. The molecule has 0 aliphatic carbocycles. The maximum absolute atomic E-state index is 11.7. The molecule has 2 aromatic heterocycles. The molecule has 2 N–H and O–H groups in total. The number of nitro benzene ring substituents is 1. The van der Waals surface area contributed by atoms with Crippen molar-refractivity contribution in [2.75, 3.05) is 34.2 Å². The number of ether oxygens (including phenoxy) is 4. The summed E-state index contributed by atoms with van der Waals surface area (Å²) in [6.45, 7) is 0. The Kier molecular flexibility index (Phi) is 10.4. The fourth-order valence-corrected chi connectivity index (χ4v) is 6.03. The summed E-state index contributed by atoms with van der Waals surface area (Å²) in [7, 11) is 9.73. The lowest BCUT2D eigenvalue weighted by Crippen LogP contribution is -2.03. The van der Waals surface area contributed by atoms with Gasteiger partial charge in [-0.25, -0.2) is 9.59 Å². The van der Waals surface area contributed by atoms with Crippen LogP contribution in [0, 0.1) is 10.1 Å². The number of fused-ring (bicyclic) bond motifs is 2. The van der Waals surface area contributed by atoms with Crippen LogP contribution >= 0.6 is 0 Å². The summed E-state index contributed by atoms with van der Waals surface area (Å²) in [4.78, 5) is 34.0. The molecule has 0 saturated carbocycles. The molecular formula is C38H38N4O8. The number of carbonyl (C=O) groups excluding carboxylic acids is 2. The molecule has 0 fully saturated rings. The van der Waals surface area contributed by atoms with Crippen LogP contribution in [-0.4, -0.2) is 54.4 Å². The number of rotatable bonds is 9. The van der Waals surface area contributed by atoms with E-state index in [1.54, 1.807) is 49.6 Å². The number of nitro groups is 1. The van der Waals surface area contributed by atoms with E-state index < -0.39 is 10.9 Å². The zero-order chi connectivity index (χ0) is 36.1. The number of anilines is 1. The van der Waals surface area contributed by atoms with E-state index in [0.717, 1.165) is 49.7 Å². The summed E-state index contributed by atoms with van der Waals surface area (Å²) in [5.41, 5.74) is 13.6. The Labute approximate surface area is 288 Å². The van der Waals surface area contributed by atoms with Crippen LogP contribution in [0.25, 0.3) is 21.8 Å². The topological polar surface area (TPSA) is 150 Å². The first-order valence-electron chi connectivity index (χ1n) is 15.5. The first kappa shape index (κ1) is 35.0. The first-order chi connectivity index (χ1) is 24.0. The van der Waals surface area contributed by atoms with E-state index in [0.29, 0.717) is 35.5 Å². The zero-order valence-electron chi connectivity index (χ0n) is 28.7. The van der Waals surface area contributed by atoms with Gasteiger partial charge in [0.05, 0.1) is 44.5 Å². The van der Waals surface area contributed by atoms with Crippen molar-refractivity contribution in [3.63, 3.8) is 0 Å².